The van der Waals surface area contributed by atoms with Crippen molar-refractivity contribution in [2.45, 2.75) is 32.7 Å². The van der Waals surface area contributed by atoms with E-state index in [9.17, 15) is 9.59 Å². The summed E-state index contributed by atoms with van der Waals surface area (Å²) in [6, 6.07) is 9.61. The first kappa shape index (κ1) is 19.2. The van der Waals surface area contributed by atoms with Crippen molar-refractivity contribution in [3.63, 3.8) is 0 Å². The van der Waals surface area contributed by atoms with Crippen LogP contribution in [0.15, 0.2) is 36.0 Å². The van der Waals surface area contributed by atoms with Crippen LogP contribution in [0.25, 0.3) is 0 Å². The molecule has 6 heteroatoms. The van der Waals surface area contributed by atoms with Gasteiger partial charge in [0, 0.05) is 12.7 Å². The number of hydrogen-bond acceptors (Lipinski definition) is 5. The van der Waals surface area contributed by atoms with Crippen LogP contribution in [-0.2, 0) is 20.7 Å². The lowest BCUT2D eigenvalue weighted by Gasteiger charge is -2.14. The van der Waals surface area contributed by atoms with Crippen molar-refractivity contribution in [3.05, 3.63) is 47.2 Å². The van der Waals surface area contributed by atoms with Gasteiger partial charge in [-0.2, -0.15) is 5.26 Å². The summed E-state index contributed by atoms with van der Waals surface area (Å²) in [4.78, 5) is 23.1. The smallest absolute Gasteiger partial charge is 0.307 e. The third-order valence-electron chi connectivity index (χ3n) is 3.55. The largest absolute Gasteiger partial charge is 0.469 e. The number of hydrogen-bond donors (Lipinski definition) is 2. The second-order valence-electron chi connectivity index (χ2n) is 5.24. The number of carbonyl (C=O) groups excluding carboxylic acids is 2. The maximum absolute atomic E-state index is 12.1. The number of esters is 1. The van der Waals surface area contributed by atoms with E-state index >= 15 is 0 Å². The van der Waals surface area contributed by atoms with Crippen LogP contribution in [0, 0.1) is 11.3 Å². The van der Waals surface area contributed by atoms with Gasteiger partial charge in [-0.25, -0.2) is 0 Å². The Kier molecular flexibility index (Phi) is 8.06. The van der Waals surface area contributed by atoms with Crippen molar-refractivity contribution in [2.75, 3.05) is 13.7 Å². The standard InChI is InChI=1S/C18H23N3O3/c1-4-14-5-7-15(8-6-14)13(2)21-18(23)16(11-19)12-20-10-9-17(22)24-3/h5-8,12-13,20H,4,9-10H2,1-3H3,(H,21,23)/b16-12-. The Morgan fingerprint density at radius 3 is 2.54 bits per heavy atom. The Balaban J connectivity index is 2.59. The van der Waals surface area contributed by atoms with Gasteiger partial charge in [0.1, 0.15) is 11.6 Å². The van der Waals surface area contributed by atoms with E-state index in [0.717, 1.165) is 12.0 Å². The Labute approximate surface area is 142 Å². The van der Waals surface area contributed by atoms with E-state index in [4.69, 9.17) is 5.26 Å². The number of methoxy groups -OCH3 is 1. The fraction of sp³-hybridized carbons (Fsp3) is 0.389. The molecule has 1 amide bonds. The number of amides is 1. The zero-order chi connectivity index (χ0) is 17.9. The molecule has 0 fully saturated rings. The predicted octanol–water partition coefficient (Wildman–Crippen LogP) is 1.99. The molecule has 0 aromatic heterocycles. The Morgan fingerprint density at radius 1 is 1.33 bits per heavy atom. The second kappa shape index (κ2) is 10.1. The van der Waals surface area contributed by atoms with Gasteiger partial charge in [-0.05, 0) is 24.5 Å². The van der Waals surface area contributed by atoms with Crippen molar-refractivity contribution < 1.29 is 14.3 Å². The highest BCUT2D eigenvalue weighted by atomic mass is 16.5. The summed E-state index contributed by atoms with van der Waals surface area (Å²) in [5, 5.41) is 14.6. The Bertz CT molecular complexity index is 630. The van der Waals surface area contributed by atoms with Gasteiger partial charge >= 0.3 is 5.97 Å². The van der Waals surface area contributed by atoms with Crippen LogP contribution in [-0.4, -0.2) is 25.5 Å². The fourth-order valence-electron chi connectivity index (χ4n) is 2.00. The van der Waals surface area contributed by atoms with E-state index in [-0.39, 0.29) is 24.0 Å². The molecule has 2 N–H and O–H groups in total. The SMILES string of the molecule is CCc1ccc(C(C)NC(=O)/C(C#N)=C\NCCC(=O)OC)cc1. The summed E-state index contributed by atoms with van der Waals surface area (Å²) in [5.74, 6) is -0.821. The second-order valence-corrected chi connectivity index (χ2v) is 5.24. The van der Waals surface area contributed by atoms with Crippen LogP contribution in [0.1, 0.15) is 37.4 Å². The average molecular weight is 329 g/mol. The van der Waals surface area contributed by atoms with Crippen LogP contribution < -0.4 is 10.6 Å². The molecule has 6 nitrogen and oxygen atoms in total. The first-order valence-corrected chi connectivity index (χ1v) is 7.82. The molecule has 1 unspecified atom stereocenters. The monoisotopic (exact) mass is 329 g/mol. The zero-order valence-corrected chi connectivity index (χ0v) is 14.3. The summed E-state index contributed by atoms with van der Waals surface area (Å²) in [5.41, 5.74) is 2.15. The lowest BCUT2D eigenvalue weighted by atomic mass is 10.0. The summed E-state index contributed by atoms with van der Waals surface area (Å²) < 4.78 is 4.51. The predicted molar refractivity (Wildman–Crippen MR) is 90.7 cm³/mol. The van der Waals surface area contributed by atoms with Crippen LogP contribution in [0.2, 0.25) is 0 Å². The van der Waals surface area contributed by atoms with Gasteiger partial charge in [0.15, 0.2) is 0 Å². The van der Waals surface area contributed by atoms with Crippen LogP contribution in [0.5, 0.6) is 0 Å². The molecule has 0 saturated carbocycles. The number of ether oxygens (including phenoxy) is 1. The number of benzene rings is 1. The summed E-state index contributed by atoms with van der Waals surface area (Å²) in [6.45, 7) is 4.23. The Hall–Kier alpha value is -2.81. The zero-order valence-electron chi connectivity index (χ0n) is 14.3. The molecule has 0 radical (unpaired) electrons. The number of aryl methyl sites for hydroxylation is 1. The molecule has 1 aromatic rings. The van der Waals surface area contributed by atoms with Crippen molar-refractivity contribution in [1.29, 1.82) is 5.26 Å². The normalized spacial score (nSPS) is 12.0. The molecule has 0 aliphatic rings. The van der Waals surface area contributed by atoms with Gasteiger partial charge in [-0.3, -0.25) is 9.59 Å². The molecule has 24 heavy (non-hydrogen) atoms. The lowest BCUT2D eigenvalue weighted by molar-refractivity contribution is -0.140. The maximum Gasteiger partial charge on any atom is 0.307 e. The lowest BCUT2D eigenvalue weighted by Crippen LogP contribution is -2.28. The summed E-state index contributed by atoms with van der Waals surface area (Å²) in [6.07, 6.45) is 2.43. The van der Waals surface area contributed by atoms with Gasteiger partial charge in [0.05, 0.1) is 19.6 Å². The number of carbonyl (C=O) groups is 2. The fourth-order valence-corrected chi connectivity index (χ4v) is 2.00. The summed E-state index contributed by atoms with van der Waals surface area (Å²) in [7, 11) is 1.31. The Morgan fingerprint density at radius 2 is 2.00 bits per heavy atom. The van der Waals surface area contributed by atoms with Crippen LogP contribution in [0.4, 0.5) is 0 Å². The van der Waals surface area contributed by atoms with Crippen LogP contribution in [0.3, 0.4) is 0 Å². The highest BCUT2D eigenvalue weighted by molar-refractivity contribution is 5.97. The number of rotatable bonds is 8. The molecule has 0 bridgehead atoms. The number of nitrogens with one attached hydrogen (secondary N) is 2. The molecule has 0 spiro atoms. The molecule has 1 rings (SSSR count). The van der Waals surface area contributed by atoms with Gasteiger partial charge < -0.3 is 15.4 Å². The van der Waals surface area contributed by atoms with E-state index < -0.39 is 5.91 Å². The van der Waals surface area contributed by atoms with Gasteiger partial charge in [-0.1, -0.05) is 31.2 Å². The van der Waals surface area contributed by atoms with Gasteiger partial charge in [0.2, 0.25) is 0 Å². The molecule has 0 aliphatic carbocycles. The molecule has 0 aliphatic heterocycles. The quantitative estimate of drug-likeness (QED) is 0.329. The highest BCUT2D eigenvalue weighted by Gasteiger charge is 2.13. The topological polar surface area (TPSA) is 91.2 Å². The minimum Gasteiger partial charge on any atom is -0.469 e. The molecule has 1 atom stereocenters. The molecular formula is C18H23N3O3. The van der Waals surface area contributed by atoms with Crippen LogP contribution >= 0.6 is 0 Å². The highest BCUT2D eigenvalue weighted by Crippen LogP contribution is 2.14. The molecule has 128 valence electrons. The first-order valence-electron chi connectivity index (χ1n) is 7.82. The first-order chi connectivity index (χ1) is 11.5. The van der Waals surface area contributed by atoms with E-state index in [0.29, 0.717) is 6.54 Å². The van der Waals surface area contributed by atoms with E-state index in [2.05, 4.69) is 22.3 Å². The van der Waals surface area contributed by atoms with E-state index in [1.807, 2.05) is 37.3 Å². The van der Waals surface area contributed by atoms with Crippen molar-refractivity contribution in [2.24, 2.45) is 0 Å². The van der Waals surface area contributed by atoms with Crippen molar-refractivity contribution in [3.8, 4) is 6.07 Å². The third-order valence-corrected chi connectivity index (χ3v) is 3.55. The number of nitrogens with zero attached hydrogens (tertiary/aromatic N) is 1. The number of nitriles is 1. The van der Waals surface area contributed by atoms with Crippen molar-refractivity contribution >= 4 is 11.9 Å². The van der Waals surface area contributed by atoms with E-state index in [1.165, 1.54) is 18.9 Å². The molecule has 0 heterocycles. The molecular weight excluding hydrogens is 306 g/mol. The third kappa shape index (κ3) is 6.13. The summed E-state index contributed by atoms with van der Waals surface area (Å²) >= 11 is 0. The minimum atomic E-state index is -0.463. The van der Waals surface area contributed by atoms with Crippen molar-refractivity contribution in [1.82, 2.24) is 10.6 Å². The maximum atomic E-state index is 12.1. The average Bonchev–Trinajstić information content (AvgIpc) is 2.61. The molecule has 0 saturated heterocycles. The molecule has 1 aromatic carbocycles. The van der Waals surface area contributed by atoms with Gasteiger partial charge in [0.25, 0.3) is 5.91 Å². The van der Waals surface area contributed by atoms with E-state index in [1.54, 1.807) is 0 Å². The van der Waals surface area contributed by atoms with Gasteiger partial charge in [-0.15, -0.1) is 0 Å². The minimum absolute atomic E-state index is 0.0445.